The lowest BCUT2D eigenvalue weighted by Crippen LogP contribution is -2.24. The van der Waals surface area contributed by atoms with Crippen LogP contribution < -0.4 is 15.0 Å². The van der Waals surface area contributed by atoms with Gasteiger partial charge >= 0.3 is 0 Å². The van der Waals surface area contributed by atoms with Crippen molar-refractivity contribution in [2.24, 2.45) is 0 Å². The number of rotatable bonds is 7. The first-order valence-electron chi connectivity index (χ1n) is 8.56. The number of carbonyl (C=O) groups excluding carboxylic acids is 1. The lowest BCUT2D eigenvalue weighted by molar-refractivity contribution is -0.121. The molecule has 0 spiro atoms. The lowest BCUT2D eigenvalue weighted by Gasteiger charge is -2.16. The smallest absolute Gasteiger partial charge is 0.223 e. The maximum absolute atomic E-state index is 13.4. The molecular weight excluding hydrogens is 321 g/mol. The molecule has 1 amide bonds. The number of para-hydroxylation sites is 1. The summed E-state index contributed by atoms with van der Waals surface area (Å²) >= 11 is 0. The Labute approximate surface area is 146 Å². The fourth-order valence-electron chi connectivity index (χ4n) is 2.76. The molecule has 0 saturated carbocycles. The van der Waals surface area contributed by atoms with Crippen LogP contribution in [0.1, 0.15) is 24.8 Å². The fourth-order valence-corrected chi connectivity index (χ4v) is 2.76. The molecule has 1 aliphatic rings. The van der Waals surface area contributed by atoms with E-state index in [1.165, 1.54) is 18.9 Å². The SMILES string of the molecule is O=C(CCOc1ccccc1F)NCc1ccc(N2CCCC2)nc1. The molecule has 1 aromatic carbocycles. The van der Waals surface area contributed by atoms with E-state index in [4.69, 9.17) is 4.74 Å². The summed E-state index contributed by atoms with van der Waals surface area (Å²) in [5, 5.41) is 2.82. The quantitative estimate of drug-likeness (QED) is 0.840. The van der Waals surface area contributed by atoms with Gasteiger partial charge in [-0.1, -0.05) is 18.2 Å². The average molecular weight is 343 g/mol. The third-order valence-corrected chi connectivity index (χ3v) is 4.15. The molecule has 2 heterocycles. The van der Waals surface area contributed by atoms with Crippen LogP contribution in [0.5, 0.6) is 5.75 Å². The average Bonchev–Trinajstić information content (AvgIpc) is 3.17. The Bertz CT molecular complexity index is 700. The molecule has 0 bridgehead atoms. The van der Waals surface area contributed by atoms with Gasteiger partial charge < -0.3 is 15.0 Å². The monoisotopic (exact) mass is 343 g/mol. The number of hydrogen-bond acceptors (Lipinski definition) is 4. The van der Waals surface area contributed by atoms with E-state index in [-0.39, 0.29) is 24.7 Å². The second kappa shape index (κ2) is 8.46. The highest BCUT2D eigenvalue weighted by molar-refractivity contribution is 5.76. The third kappa shape index (κ3) is 4.92. The molecule has 1 saturated heterocycles. The molecule has 1 aromatic heterocycles. The topological polar surface area (TPSA) is 54.5 Å². The van der Waals surface area contributed by atoms with Gasteiger partial charge in [0.2, 0.25) is 5.91 Å². The lowest BCUT2D eigenvalue weighted by atomic mass is 10.2. The molecular formula is C19H22FN3O2. The van der Waals surface area contributed by atoms with E-state index in [1.807, 2.05) is 12.1 Å². The van der Waals surface area contributed by atoms with Gasteiger partial charge in [0, 0.05) is 25.8 Å². The second-order valence-electron chi connectivity index (χ2n) is 6.02. The van der Waals surface area contributed by atoms with Gasteiger partial charge in [0.25, 0.3) is 0 Å². The van der Waals surface area contributed by atoms with Gasteiger partial charge in [-0.2, -0.15) is 0 Å². The number of hydrogen-bond donors (Lipinski definition) is 1. The number of nitrogens with one attached hydrogen (secondary N) is 1. The number of amides is 1. The number of benzene rings is 1. The van der Waals surface area contributed by atoms with Crippen molar-refractivity contribution in [1.29, 1.82) is 0 Å². The number of nitrogens with zero attached hydrogens (tertiary/aromatic N) is 2. The Kier molecular flexibility index (Phi) is 5.82. The molecule has 0 atom stereocenters. The molecule has 25 heavy (non-hydrogen) atoms. The van der Waals surface area contributed by atoms with Crippen molar-refractivity contribution in [2.75, 3.05) is 24.6 Å². The van der Waals surface area contributed by atoms with Crippen molar-refractivity contribution in [1.82, 2.24) is 10.3 Å². The minimum atomic E-state index is -0.424. The van der Waals surface area contributed by atoms with Crippen LogP contribution >= 0.6 is 0 Å². The zero-order valence-corrected chi connectivity index (χ0v) is 14.1. The maximum atomic E-state index is 13.4. The molecule has 0 unspecified atom stereocenters. The third-order valence-electron chi connectivity index (χ3n) is 4.15. The van der Waals surface area contributed by atoms with E-state index in [0.717, 1.165) is 24.5 Å². The molecule has 6 heteroatoms. The number of anilines is 1. The second-order valence-corrected chi connectivity index (χ2v) is 6.02. The molecule has 5 nitrogen and oxygen atoms in total. The fraction of sp³-hybridized carbons (Fsp3) is 0.368. The first kappa shape index (κ1) is 17.2. The van der Waals surface area contributed by atoms with Crippen molar-refractivity contribution < 1.29 is 13.9 Å². The molecule has 132 valence electrons. The largest absolute Gasteiger partial charge is 0.490 e. The predicted octanol–water partition coefficient (Wildman–Crippen LogP) is 2.91. The van der Waals surface area contributed by atoms with E-state index in [2.05, 4.69) is 15.2 Å². The van der Waals surface area contributed by atoms with E-state index < -0.39 is 5.82 Å². The predicted molar refractivity (Wildman–Crippen MR) is 94.0 cm³/mol. The zero-order valence-electron chi connectivity index (χ0n) is 14.1. The standard InChI is InChI=1S/C19H22FN3O2/c20-16-5-1-2-6-17(16)25-12-9-19(24)22-14-15-7-8-18(21-13-15)23-10-3-4-11-23/h1-2,5-8,13H,3-4,9-12,14H2,(H,22,24). The van der Waals surface area contributed by atoms with Crippen LogP contribution in [0.25, 0.3) is 0 Å². The Morgan fingerprint density at radius 3 is 2.72 bits per heavy atom. The summed E-state index contributed by atoms with van der Waals surface area (Å²) < 4.78 is 18.7. The Morgan fingerprint density at radius 1 is 1.20 bits per heavy atom. The zero-order chi connectivity index (χ0) is 17.5. The molecule has 3 rings (SSSR count). The highest BCUT2D eigenvalue weighted by Crippen LogP contribution is 2.17. The van der Waals surface area contributed by atoms with Crippen molar-refractivity contribution >= 4 is 11.7 Å². The minimum absolute atomic E-state index is 0.138. The summed E-state index contributed by atoms with van der Waals surface area (Å²) in [6, 6.07) is 10.1. The van der Waals surface area contributed by atoms with Crippen LogP contribution in [0.3, 0.4) is 0 Å². The number of ether oxygens (including phenoxy) is 1. The van der Waals surface area contributed by atoms with Crippen molar-refractivity contribution in [3.63, 3.8) is 0 Å². The summed E-state index contributed by atoms with van der Waals surface area (Å²) in [4.78, 5) is 18.6. The van der Waals surface area contributed by atoms with Gasteiger partial charge in [-0.15, -0.1) is 0 Å². The van der Waals surface area contributed by atoms with Crippen molar-refractivity contribution in [3.8, 4) is 5.75 Å². The van der Waals surface area contributed by atoms with Crippen molar-refractivity contribution in [2.45, 2.75) is 25.8 Å². The molecule has 1 fully saturated rings. The van der Waals surface area contributed by atoms with Gasteiger partial charge in [-0.3, -0.25) is 4.79 Å². The molecule has 1 aliphatic heterocycles. The van der Waals surface area contributed by atoms with Crippen LogP contribution in [0.15, 0.2) is 42.6 Å². The number of aromatic nitrogens is 1. The Balaban J connectivity index is 1.39. The molecule has 2 aromatic rings. The van der Waals surface area contributed by atoms with Crippen LogP contribution in [-0.4, -0.2) is 30.6 Å². The van der Waals surface area contributed by atoms with Gasteiger partial charge in [-0.05, 0) is 36.6 Å². The maximum Gasteiger partial charge on any atom is 0.223 e. The van der Waals surface area contributed by atoms with E-state index in [9.17, 15) is 9.18 Å². The summed E-state index contributed by atoms with van der Waals surface area (Å²) in [7, 11) is 0. The number of pyridine rings is 1. The van der Waals surface area contributed by atoms with Gasteiger partial charge in [0.05, 0.1) is 13.0 Å². The Hall–Kier alpha value is -2.63. The number of halogens is 1. The molecule has 0 radical (unpaired) electrons. The van der Waals surface area contributed by atoms with Crippen LogP contribution in [0.4, 0.5) is 10.2 Å². The highest BCUT2D eigenvalue weighted by Gasteiger charge is 2.13. The van der Waals surface area contributed by atoms with E-state index in [0.29, 0.717) is 6.54 Å². The summed E-state index contributed by atoms with van der Waals surface area (Å²) in [6.07, 6.45) is 4.40. The first-order valence-corrected chi connectivity index (χ1v) is 8.56. The van der Waals surface area contributed by atoms with Gasteiger partial charge in [0.15, 0.2) is 11.6 Å². The summed E-state index contributed by atoms with van der Waals surface area (Å²) in [5.41, 5.74) is 0.950. The van der Waals surface area contributed by atoms with E-state index in [1.54, 1.807) is 24.4 Å². The van der Waals surface area contributed by atoms with Crippen LogP contribution in [-0.2, 0) is 11.3 Å². The minimum Gasteiger partial charge on any atom is -0.490 e. The van der Waals surface area contributed by atoms with E-state index >= 15 is 0 Å². The van der Waals surface area contributed by atoms with Crippen molar-refractivity contribution in [3.05, 3.63) is 54.0 Å². The first-order chi connectivity index (χ1) is 12.2. The molecule has 0 aliphatic carbocycles. The van der Waals surface area contributed by atoms with Gasteiger partial charge in [0.1, 0.15) is 5.82 Å². The Morgan fingerprint density at radius 2 is 2.00 bits per heavy atom. The van der Waals surface area contributed by atoms with Gasteiger partial charge in [-0.25, -0.2) is 9.37 Å². The normalized spacial score (nSPS) is 13.7. The summed E-state index contributed by atoms with van der Waals surface area (Å²) in [5.74, 6) is 0.592. The number of carbonyl (C=O) groups is 1. The van der Waals surface area contributed by atoms with Crippen LogP contribution in [0.2, 0.25) is 0 Å². The molecule has 1 N–H and O–H groups in total. The van der Waals surface area contributed by atoms with Crippen LogP contribution in [0, 0.1) is 5.82 Å². The summed E-state index contributed by atoms with van der Waals surface area (Å²) in [6.45, 7) is 2.68. The highest BCUT2D eigenvalue weighted by atomic mass is 19.1.